The first-order valence-corrected chi connectivity index (χ1v) is 8.72. The Bertz CT molecular complexity index is 618. The molecule has 1 aromatic rings. The van der Waals surface area contributed by atoms with Crippen molar-refractivity contribution in [3.8, 4) is 0 Å². The van der Waals surface area contributed by atoms with Gasteiger partial charge in [-0.2, -0.15) is 4.31 Å². The number of nitrogens with one attached hydrogen (secondary N) is 1. The molecule has 1 heterocycles. The number of carbonyl (C=O) groups is 1. The summed E-state index contributed by atoms with van der Waals surface area (Å²) in [7, 11) is -3.41. The number of hydrogen-bond donors (Lipinski definition) is 1. The molecule has 0 radical (unpaired) electrons. The van der Waals surface area contributed by atoms with Crippen LogP contribution in [0.25, 0.3) is 0 Å². The molecule has 1 saturated heterocycles. The Balaban J connectivity index is 2.03. The standard InChI is InChI=1S/C14H19FN2O3S/c1-21(19,20)17-9-5-4-8-13(17)14(18)16-10-11-6-2-3-7-12(11)15/h2-3,6-7,13H,4-5,8-10H2,1H3,(H,16,18)/t13-/m0/s1. The number of amides is 1. The summed E-state index contributed by atoms with van der Waals surface area (Å²) in [4.78, 5) is 12.2. The Labute approximate surface area is 124 Å². The Morgan fingerprint density at radius 1 is 1.38 bits per heavy atom. The fourth-order valence-corrected chi connectivity index (χ4v) is 3.63. The molecule has 1 N–H and O–H groups in total. The number of nitrogens with zero attached hydrogens (tertiary/aromatic N) is 1. The summed E-state index contributed by atoms with van der Waals surface area (Å²) in [5.41, 5.74) is 0.382. The van der Waals surface area contributed by atoms with Crippen molar-refractivity contribution in [2.75, 3.05) is 12.8 Å². The zero-order chi connectivity index (χ0) is 15.5. The van der Waals surface area contributed by atoms with Crippen LogP contribution < -0.4 is 5.32 Å². The predicted octanol–water partition coefficient (Wildman–Crippen LogP) is 1.26. The molecule has 1 aromatic carbocycles. The molecule has 0 aliphatic carbocycles. The van der Waals surface area contributed by atoms with Crippen LogP contribution in [-0.4, -0.2) is 37.5 Å². The third-order valence-electron chi connectivity index (χ3n) is 3.59. The number of piperidine rings is 1. The second kappa shape index (κ2) is 6.53. The van der Waals surface area contributed by atoms with Crippen LogP contribution in [0.5, 0.6) is 0 Å². The van der Waals surface area contributed by atoms with Crippen LogP contribution in [0, 0.1) is 5.82 Å². The summed E-state index contributed by atoms with van der Waals surface area (Å²) in [6.45, 7) is 0.413. The summed E-state index contributed by atoms with van der Waals surface area (Å²) in [5.74, 6) is -0.759. The van der Waals surface area contributed by atoms with Crippen molar-refractivity contribution in [2.45, 2.75) is 31.8 Å². The third-order valence-corrected chi connectivity index (χ3v) is 4.88. The lowest BCUT2D eigenvalue weighted by molar-refractivity contribution is -0.125. The summed E-state index contributed by atoms with van der Waals surface area (Å²) in [5, 5.41) is 2.63. The zero-order valence-electron chi connectivity index (χ0n) is 11.9. The second-order valence-electron chi connectivity index (χ2n) is 5.19. The van der Waals surface area contributed by atoms with Gasteiger partial charge in [-0.1, -0.05) is 24.6 Å². The van der Waals surface area contributed by atoms with Gasteiger partial charge < -0.3 is 5.32 Å². The van der Waals surface area contributed by atoms with Crippen LogP contribution in [0.3, 0.4) is 0 Å². The normalized spacial score (nSPS) is 20.2. The van der Waals surface area contributed by atoms with Crippen molar-refractivity contribution in [2.24, 2.45) is 0 Å². The highest BCUT2D eigenvalue weighted by Crippen LogP contribution is 2.20. The number of carbonyl (C=O) groups excluding carboxylic acids is 1. The number of hydrogen-bond acceptors (Lipinski definition) is 3. The van der Waals surface area contributed by atoms with Crippen molar-refractivity contribution in [3.05, 3.63) is 35.6 Å². The molecule has 0 spiro atoms. The van der Waals surface area contributed by atoms with E-state index in [1.807, 2.05) is 0 Å². The van der Waals surface area contributed by atoms with Crippen LogP contribution in [0.15, 0.2) is 24.3 Å². The summed E-state index contributed by atoms with van der Waals surface area (Å²) in [6.07, 6.45) is 3.17. The maximum absolute atomic E-state index is 13.5. The van der Waals surface area contributed by atoms with Gasteiger partial charge in [-0.15, -0.1) is 0 Å². The minimum atomic E-state index is -3.41. The number of benzene rings is 1. The Morgan fingerprint density at radius 2 is 2.10 bits per heavy atom. The van der Waals surface area contributed by atoms with E-state index in [1.54, 1.807) is 18.2 Å². The van der Waals surface area contributed by atoms with Crippen molar-refractivity contribution < 1.29 is 17.6 Å². The van der Waals surface area contributed by atoms with Crippen LogP contribution >= 0.6 is 0 Å². The topological polar surface area (TPSA) is 66.5 Å². The van der Waals surface area contributed by atoms with Gasteiger partial charge in [-0.25, -0.2) is 12.8 Å². The third kappa shape index (κ3) is 4.01. The SMILES string of the molecule is CS(=O)(=O)N1CCCC[C@H]1C(=O)NCc1ccccc1F. The second-order valence-corrected chi connectivity index (χ2v) is 7.13. The van der Waals surface area contributed by atoms with Gasteiger partial charge in [0.2, 0.25) is 15.9 Å². The Kier molecular flexibility index (Phi) is 4.95. The average molecular weight is 314 g/mol. The minimum absolute atomic E-state index is 0.0552. The highest BCUT2D eigenvalue weighted by atomic mass is 32.2. The minimum Gasteiger partial charge on any atom is -0.351 e. The van der Waals surface area contributed by atoms with Gasteiger partial charge in [-0.3, -0.25) is 4.79 Å². The van der Waals surface area contributed by atoms with Crippen molar-refractivity contribution >= 4 is 15.9 Å². The lowest BCUT2D eigenvalue weighted by Crippen LogP contribution is -2.51. The van der Waals surface area contributed by atoms with Gasteiger partial charge in [0.05, 0.1) is 6.26 Å². The maximum Gasteiger partial charge on any atom is 0.238 e. The Morgan fingerprint density at radius 3 is 2.76 bits per heavy atom. The Hall–Kier alpha value is -1.47. The lowest BCUT2D eigenvalue weighted by atomic mass is 10.0. The molecular formula is C14H19FN2O3S. The van der Waals surface area contributed by atoms with Crippen molar-refractivity contribution in [1.82, 2.24) is 9.62 Å². The van der Waals surface area contributed by atoms with Crippen LogP contribution in [0.2, 0.25) is 0 Å². The van der Waals surface area contributed by atoms with E-state index in [0.29, 0.717) is 18.5 Å². The number of sulfonamides is 1. The van der Waals surface area contributed by atoms with E-state index in [4.69, 9.17) is 0 Å². The first kappa shape index (κ1) is 15.9. The smallest absolute Gasteiger partial charge is 0.238 e. The number of rotatable bonds is 4. The van der Waals surface area contributed by atoms with Crippen LogP contribution in [0.4, 0.5) is 4.39 Å². The van der Waals surface area contributed by atoms with E-state index in [9.17, 15) is 17.6 Å². The molecule has 7 heteroatoms. The summed E-state index contributed by atoms with van der Waals surface area (Å²) in [6, 6.07) is 5.48. The van der Waals surface area contributed by atoms with Gasteiger partial charge in [-0.05, 0) is 18.9 Å². The number of halogens is 1. The molecule has 1 aliphatic rings. The van der Waals surface area contributed by atoms with Gasteiger partial charge in [0.1, 0.15) is 11.9 Å². The average Bonchev–Trinajstić information content (AvgIpc) is 2.45. The molecule has 2 rings (SSSR count). The molecule has 0 aromatic heterocycles. The molecule has 0 bridgehead atoms. The van der Waals surface area contributed by atoms with Crippen LogP contribution in [-0.2, 0) is 21.4 Å². The van der Waals surface area contributed by atoms with Crippen molar-refractivity contribution in [1.29, 1.82) is 0 Å². The molecular weight excluding hydrogens is 295 g/mol. The van der Waals surface area contributed by atoms with E-state index >= 15 is 0 Å². The molecule has 5 nitrogen and oxygen atoms in total. The van der Waals surface area contributed by atoms with E-state index in [2.05, 4.69) is 5.32 Å². The molecule has 21 heavy (non-hydrogen) atoms. The van der Waals surface area contributed by atoms with Gasteiger partial charge in [0, 0.05) is 18.7 Å². The first-order chi connectivity index (χ1) is 9.89. The van der Waals surface area contributed by atoms with Crippen molar-refractivity contribution in [3.63, 3.8) is 0 Å². The fourth-order valence-electron chi connectivity index (χ4n) is 2.51. The molecule has 116 valence electrons. The molecule has 1 fully saturated rings. The fraction of sp³-hybridized carbons (Fsp3) is 0.500. The molecule has 1 atom stereocenters. The monoisotopic (exact) mass is 314 g/mol. The van der Waals surface area contributed by atoms with E-state index in [-0.39, 0.29) is 18.3 Å². The van der Waals surface area contributed by atoms with E-state index in [1.165, 1.54) is 10.4 Å². The quantitative estimate of drug-likeness (QED) is 0.910. The molecule has 1 amide bonds. The van der Waals surface area contributed by atoms with E-state index < -0.39 is 16.1 Å². The van der Waals surface area contributed by atoms with E-state index in [0.717, 1.165) is 19.1 Å². The van der Waals surface area contributed by atoms with Gasteiger partial charge >= 0.3 is 0 Å². The highest BCUT2D eigenvalue weighted by Gasteiger charge is 2.34. The van der Waals surface area contributed by atoms with Crippen LogP contribution in [0.1, 0.15) is 24.8 Å². The molecule has 0 unspecified atom stereocenters. The van der Waals surface area contributed by atoms with Gasteiger partial charge in [0.15, 0.2) is 0 Å². The molecule has 1 aliphatic heterocycles. The largest absolute Gasteiger partial charge is 0.351 e. The summed E-state index contributed by atoms with van der Waals surface area (Å²) < 4.78 is 38.2. The first-order valence-electron chi connectivity index (χ1n) is 6.87. The zero-order valence-corrected chi connectivity index (χ0v) is 12.7. The molecule has 0 saturated carbocycles. The predicted molar refractivity (Wildman–Crippen MR) is 77.4 cm³/mol. The lowest BCUT2D eigenvalue weighted by Gasteiger charge is -2.32. The maximum atomic E-state index is 13.5. The van der Waals surface area contributed by atoms with Gasteiger partial charge in [0.25, 0.3) is 0 Å². The summed E-state index contributed by atoms with van der Waals surface area (Å²) >= 11 is 0. The highest BCUT2D eigenvalue weighted by molar-refractivity contribution is 7.88.